The van der Waals surface area contributed by atoms with Crippen LogP contribution in [-0.4, -0.2) is 10.7 Å². The molecule has 0 saturated heterocycles. The Labute approximate surface area is 136 Å². The SMILES string of the molecule is C=C(c1ccccc1)N1C=CC(=CC=C2C=CC=CC2=O)C=C1. The fourth-order valence-corrected chi connectivity index (χ4v) is 2.31. The molecule has 0 radical (unpaired) electrons. The van der Waals surface area contributed by atoms with Gasteiger partial charge in [-0.1, -0.05) is 67.3 Å². The van der Waals surface area contributed by atoms with Gasteiger partial charge in [-0.25, -0.2) is 0 Å². The molecule has 0 saturated carbocycles. The molecule has 0 aromatic heterocycles. The van der Waals surface area contributed by atoms with Crippen molar-refractivity contribution in [1.82, 2.24) is 4.90 Å². The molecule has 1 aliphatic carbocycles. The molecule has 0 unspecified atom stereocenters. The molecule has 2 nitrogen and oxygen atoms in total. The van der Waals surface area contributed by atoms with Gasteiger partial charge in [0.1, 0.15) is 0 Å². The predicted molar refractivity (Wildman–Crippen MR) is 95.0 cm³/mol. The maximum atomic E-state index is 11.7. The minimum atomic E-state index is 0.0344. The van der Waals surface area contributed by atoms with Gasteiger partial charge in [0, 0.05) is 23.7 Å². The lowest BCUT2D eigenvalue weighted by atomic mass is 10.0. The molecule has 0 N–H and O–H groups in total. The second-order valence-electron chi connectivity index (χ2n) is 5.22. The molecule has 0 amide bonds. The molecule has 0 bridgehead atoms. The van der Waals surface area contributed by atoms with Crippen LogP contribution in [0, 0.1) is 0 Å². The molecule has 2 aliphatic rings. The largest absolute Gasteiger partial charge is 0.324 e. The number of benzene rings is 1. The predicted octanol–water partition coefficient (Wildman–Crippen LogP) is 4.55. The Morgan fingerprint density at radius 2 is 1.61 bits per heavy atom. The highest BCUT2D eigenvalue weighted by atomic mass is 16.1. The fraction of sp³-hybridized carbons (Fsp3) is 0. The van der Waals surface area contributed by atoms with Crippen LogP contribution >= 0.6 is 0 Å². The van der Waals surface area contributed by atoms with Gasteiger partial charge in [-0.15, -0.1) is 0 Å². The molecular formula is C21H17NO. The molecule has 3 rings (SSSR count). The van der Waals surface area contributed by atoms with Crippen LogP contribution in [0.3, 0.4) is 0 Å². The third kappa shape index (κ3) is 3.55. The van der Waals surface area contributed by atoms with Crippen molar-refractivity contribution in [2.24, 2.45) is 0 Å². The summed E-state index contributed by atoms with van der Waals surface area (Å²) in [7, 11) is 0. The van der Waals surface area contributed by atoms with E-state index < -0.39 is 0 Å². The summed E-state index contributed by atoms with van der Waals surface area (Å²) in [6, 6.07) is 10.1. The first kappa shape index (κ1) is 14.8. The summed E-state index contributed by atoms with van der Waals surface area (Å²) in [6.45, 7) is 4.13. The maximum absolute atomic E-state index is 11.7. The van der Waals surface area contributed by atoms with Gasteiger partial charge in [-0.2, -0.15) is 0 Å². The lowest BCUT2D eigenvalue weighted by Gasteiger charge is -2.21. The first-order chi connectivity index (χ1) is 11.2. The lowest BCUT2D eigenvalue weighted by molar-refractivity contribution is -0.111. The quantitative estimate of drug-likeness (QED) is 0.763. The third-order valence-corrected chi connectivity index (χ3v) is 3.65. The average molecular weight is 299 g/mol. The molecule has 1 heterocycles. The van der Waals surface area contributed by atoms with Crippen LogP contribution in [0.1, 0.15) is 5.56 Å². The highest BCUT2D eigenvalue weighted by Gasteiger charge is 2.07. The summed E-state index contributed by atoms with van der Waals surface area (Å²) in [6.07, 6.45) is 18.7. The molecule has 0 atom stereocenters. The number of nitrogens with zero attached hydrogens (tertiary/aromatic N) is 1. The molecule has 1 aromatic rings. The zero-order valence-electron chi connectivity index (χ0n) is 12.7. The number of carbonyl (C=O) groups excluding carboxylic acids is 1. The first-order valence-corrected chi connectivity index (χ1v) is 7.44. The molecule has 1 aliphatic heterocycles. The van der Waals surface area contributed by atoms with Crippen LogP contribution in [0.15, 0.2) is 109 Å². The van der Waals surface area contributed by atoms with Gasteiger partial charge >= 0.3 is 0 Å². The maximum Gasteiger partial charge on any atom is 0.185 e. The molecule has 23 heavy (non-hydrogen) atoms. The van der Waals surface area contributed by atoms with E-state index in [1.165, 1.54) is 0 Å². The van der Waals surface area contributed by atoms with Gasteiger partial charge in [-0.3, -0.25) is 4.79 Å². The van der Waals surface area contributed by atoms with Crippen LogP contribution in [0.4, 0.5) is 0 Å². The van der Waals surface area contributed by atoms with Gasteiger partial charge in [0.05, 0.1) is 0 Å². The van der Waals surface area contributed by atoms with Crippen LogP contribution in [0.2, 0.25) is 0 Å². The fourth-order valence-electron chi connectivity index (χ4n) is 2.31. The van der Waals surface area contributed by atoms with E-state index in [0.29, 0.717) is 5.57 Å². The zero-order chi connectivity index (χ0) is 16.1. The molecule has 2 heteroatoms. The highest BCUT2D eigenvalue weighted by Crippen LogP contribution is 2.21. The van der Waals surface area contributed by atoms with E-state index in [-0.39, 0.29) is 5.78 Å². The van der Waals surface area contributed by atoms with E-state index >= 15 is 0 Å². The monoisotopic (exact) mass is 299 g/mol. The number of ketones is 1. The lowest BCUT2D eigenvalue weighted by Crippen LogP contribution is -2.09. The van der Waals surface area contributed by atoms with Gasteiger partial charge in [0.2, 0.25) is 0 Å². The van der Waals surface area contributed by atoms with Crippen LogP contribution in [-0.2, 0) is 4.79 Å². The second kappa shape index (κ2) is 6.75. The van der Waals surface area contributed by atoms with Crippen molar-refractivity contribution < 1.29 is 4.79 Å². The summed E-state index contributed by atoms with van der Waals surface area (Å²) < 4.78 is 0. The molecule has 0 spiro atoms. The summed E-state index contributed by atoms with van der Waals surface area (Å²) in [5.41, 5.74) is 3.73. The first-order valence-electron chi connectivity index (χ1n) is 7.44. The minimum absolute atomic E-state index is 0.0344. The molecular weight excluding hydrogens is 282 g/mol. The van der Waals surface area contributed by atoms with Gasteiger partial charge in [0.15, 0.2) is 5.78 Å². The van der Waals surface area contributed by atoms with E-state index in [4.69, 9.17) is 0 Å². The molecule has 0 fully saturated rings. The standard InChI is InChI=1S/C21H17NO/c1-17(19-7-3-2-4-8-19)22-15-13-18(14-16-22)11-12-20-9-5-6-10-21(20)23/h2-16H,1H2. The van der Waals surface area contributed by atoms with Gasteiger partial charge in [0.25, 0.3) is 0 Å². The van der Waals surface area contributed by atoms with E-state index in [9.17, 15) is 4.79 Å². The number of allylic oxidation sites excluding steroid dienone is 10. The smallest absolute Gasteiger partial charge is 0.185 e. The Hall–Kier alpha value is -3.13. The van der Waals surface area contributed by atoms with E-state index in [1.807, 2.05) is 84.1 Å². The molecule has 1 aromatic carbocycles. The number of rotatable bonds is 3. The Kier molecular flexibility index (Phi) is 4.34. The van der Waals surface area contributed by atoms with E-state index in [1.54, 1.807) is 12.2 Å². The average Bonchev–Trinajstić information content (AvgIpc) is 2.62. The summed E-state index contributed by atoms with van der Waals surface area (Å²) in [5, 5.41) is 0. The Morgan fingerprint density at radius 1 is 0.913 bits per heavy atom. The summed E-state index contributed by atoms with van der Waals surface area (Å²) in [4.78, 5) is 13.7. The van der Waals surface area contributed by atoms with E-state index in [0.717, 1.165) is 16.8 Å². The van der Waals surface area contributed by atoms with Crippen molar-refractivity contribution >= 4 is 11.5 Å². The van der Waals surface area contributed by atoms with Crippen molar-refractivity contribution in [3.8, 4) is 0 Å². The topological polar surface area (TPSA) is 20.3 Å². The molecule has 112 valence electrons. The van der Waals surface area contributed by atoms with Crippen molar-refractivity contribution in [1.29, 1.82) is 0 Å². The zero-order valence-corrected chi connectivity index (χ0v) is 12.7. The van der Waals surface area contributed by atoms with Crippen molar-refractivity contribution in [3.63, 3.8) is 0 Å². The number of hydrogen-bond donors (Lipinski definition) is 0. The van der Waals surface area contributed by atoms with Crippen molar-refractivity contribution in [2.45, 2.75) is 0 Å². The number of hydrogen-bond acceptors (Lipinski definition) is 2. The van der Waals surface area contributed by atoms with Crippen LogP contribution < -0.4 is 0 Å². The summed E-state index contributed by atoms with van der Waals surface area (Å²) >= 11 is 0. The number of carbonyl (C=O) groups is 1. The van der Waals surface area contributed by atoms with Crippen molar-refractivity contribution in [3.05, 3.63) is 115 Å². The van der Waals surface area contributed by atoms with Gasteiger partial charge < -0.3 is 4.90 Å². The summed E-state index contributed by atoms with van der Waals surface area (Å²) in [5.74, 6) is 0.0344. The highest BCUT2D eigenvalue weighted by molar-refractivity contribution is 6.07. The third-order valence-electron chi connectivity index (χ3n) is 3.65. The Balaban J connectivity index is 1.71. The van der Waals surface area contributed by atoms with Gasteiger partial charge in [-0.05, 0) is 29.4 Å². The minimum Gasteiger partial charge on any atom is -0.324 e. The van der Waals surface area contributed by atoms with Crippen molar-refractivity contribution in [2.75, 3.05) is 0 Å². The Morgan fingerprint density at radius 3 is 2.30 bits per heavy atom. The normalized spacial score (nSPS) is 17.9. The second-order valence-corrected chi connectivity index (χ2v) is 5.22. The Bertz CT molecular complexity index is 786. The van der Waals surface area contributed by atoms with Crippen LogP contribution in [0.25, 0.3) is 5.70 Å². The van der Waals surface area contributed by atoms with Crippen LogP contribution in [0.5, 0.6) is 0 Å². The van der Waals surface area contributed by atoms with E-state index in [2.05, 4.69) is 6.58 Å².